The predicted octanol–water partition coefficient (Wildman–Crippen LogP) is 4.88. The van der Waals surface area contributed by atoms with E-state index in [1.54, 1.807) is 23.1 Å². The van der Waals surface area contributed by atoms with Crippen molar-refractivity contribution in [2.45, 2.75) is 39.4 Å². The number of nitrogens with zero attached hydrogens (tertiary/aromatic N) is 6. The monoisotopic (exact) mass is 507 g/mol. The number of carbonyl (C=O) groups excluding carboxylic acids is 1. The van der Waals surface area contributed by atoms with E-state index in [2.05, 4.69) is 51.7 Å². The Hall–Kier alpha value is -3.14. The van der Waals surface area contributed by atoms with Crippen LogP contribution < -0.4 is 5.32 Å². The molecule has 1 aliphatic rings. The molecule has 0 bridgehead atoms. The second kappa shape index (κ2) is 9.85. The van der Waals surface area contributed by atoms with Gasteiger partial charge >= 0.3 is 0 Å². The fraction of sp³-hybridized carbons (Fsp3) is 0.320. The molecule has 2 aromatic heterocycles. The fourth-order valence-corrected chi connectivity index (χ4v) is 5.70. The number of aryl methyl sites for hydroxylation is 1. The molecule has 1 N–H and O–H groups in total. The number of hydrogen-bond donors (Lipinski definition) is 1. The number of amides is 1. The standard InChI is InChI=1S/C25H26ClN7OS/c1-15(2)23-22-20(14-33(23)13-17-6-10-19(26)11-7-17)35-25(28-22)27-21(34)12-16-4-8-18(9-5-16)24-29-30-31-32(24)3/h4-11,15,23H,12-14H2,1-3H3,(H,27,28,34). The number of carbonyl (C=O) groups is 1. The van der Waals surface area contributed by atoms with Crippen LogP contribution in [0.4, 0.5) is 5.13 Å². The molecule has 1 amide bonds. The molecule has 0 aliphatic carbocycles. The van der Waals surface area contributed by atoms with Gasteiger partial charge in [0, 0.05) is 35.6 Å². The third kappa shape index (κ3) is 5.12. The van der Waals surface area contributed by atoms with Crippen molar-refractivity contribution in [2.24, 2.45) is 13.0 Å². The van der Waals surface area contributed by atoms with E-state index in [1.807, 2.05) is 36.4 Å². The van der Waals surface area contributed by atoms with Crippen molar-refractivity contribution in [1.29, 1.82) is 0 Å². The van der Waals surface area contributed by atoms with Gasteiger partial charge in [0.2, 0.25) is 5.91 Å². The van der Waals surface area contributed by atoms with Gasteiger partial charge in [-0.2, -0.15) is 0 Å². The first-order valence-electron chi connectivity index (χ1n) is 11.5. The van der Waals surface area contributed by atoms with Crippen LogP contribution in [0.3, 0.4) is 0 Å². The van der Waals surface area contributed by atoms with E-state index in [0.717, 1.165) is 34.9 Å². The van der Waals surface area contributed by atoms with Gasteiger partial charge in [-0.1, -0.05) is 61.8 Å². The Labute approximate surface area is 212 Å². The molecule has 0 spiro atoms. The third-order valence-corrected chi connectivity index (χ3v) is 7.34. The van der Waals surface area contributed by atoms with Crippen molar-refractivity contribution in [2.75, 3.05) is 5.32 Å². The van der Waals surface area contributed by atoms with Crippen LogP contribution in [0.25, 0.3) is 11.4 Å². The lowest BCUT2D eigenvalue weighted by Crippen LogP contribution is -2.26. The van der Waals surface area contributed by atoms with Gasteiger partial charge in [0.1, 0.15) is 0 Å². The molecule has 0 fully saturated rings. The Morgan fingerprint density at radius 3 is 2.51 bits per heavy atom. The average molecular weight is 508 g/mol. The van der Waals surface area contributed by atoms with Crippen LogP contribution in [0.1, 0.15) is 41.6 Å². The zero-order valence-corrected chi connectivity index (χ0v) is 21.3. The normalized spacial score (nSPS) is 15.5. The van der Waals surface area contributed by atoms with Crippen LogP contribution in [0, 0.1) is 5.92 Å². The highest BCUT2D eigenvalue weighted by Crippen LogP contribution is 2.43. The van der Waals surface area contributed by atoms with Gasteiger partial charge in [0.25, 0.3) is 0 Å². The van der Waals surface area contributed by atoms with Gasteiger partial charge in [0.05, 0.1) is 18.2 Å². The summed E-state index contributed by atoms with van der Waals surface area (Å²) in [5.41, 5.74) is 4.13. The number of nitrogens with one attached hydrogen (secondary N) is 1. The summed E-state index contributed by atoms with van der Waals surface area (Å²) in [7, 11) is 1.79. The van der Waals surface area contributed by atoms with Crippen molar-refractivity contribution >= 4 is 34.0 Å². The number of thiazole rings is 1. The smallest absolute Gasteiger partial charge is 0.230 e. The van der Waals surface area contributed by atoms with Crippen molar-refractivity contribution in [3.8, 4) is 11.4 Å². The van der Waals surface area contributed by atoms with Crippen LogP contribution in [-0.2, 0) is 31.4 Å². The second-order valence-electron chi connectivity index (χ2n) is 9.10. The summed E-state index contributed by atoms with van der Waals surface area (Å²) < 4.78 is 1.62. The molecule has 1 aliphatic heterocycles. The van der Waals surface area contributed by atoms with Gasteiger partial charge < -0.3 is 5.32 Å². The van der Waals surface area contributed by atoms with E-state index in [1.165, 1.54) is 10.4 Å². The third-order valence-electron chi connectivity index (χ3n) is 6.12. The molecule has 8 nitrogen and oxygen atoms in total. The number of benzene rings is 2. The number of rotatable bonds is 7. The molecule has 10 heteroatoms. The number of tetrazole rings is 1. The lowest BCUT2D eigenvalue weighted by atomic mass is 10.0. The molecule has 3 heterocycles. The Bertz CT molecular complexity index is 1330. The highest BCUT2D eigenvalue weighted by Gasteiger charge is 2.36. The van der Waals surface area contributed by atoms with E-state index in [-0.39, 0.29) is 18.4 Å². The molecule has 0 saturated carbocycles. The molecule has 1 unspecified atom stereocenters. The number of fused-ring (bicyclic) bond motifs is 1. The summed E-state index contributed by atoms with van der Waals surface area (Å²) in [5, 5.41) is 15.9. The van der Waals surface area contributed by atoms with Gasteiger partial charge in [-0.15, -0.1) is 16.4 Å². The van der Waals surface area contributed by atoms with Crippen molar-refractivity contribution in [1.82, 2.24) is 30.1 Å². The largest absolute Gasteiger partial charge is 0.302 e. The lowest BCUT2D eigenvalue weighted by molar-refractivity contribution is -0.115. The maximum atomic E-state index is 12.7. The quantitative estimate of drug-likeness (QED) is 0.383. The van der Waals surface area contributed by atoms with Gasteiger partial charge in [-0.3, -0.25) is 9.69 Å². The number of halogens is 1. The Kier molecular flexibility index (Phi) is 6.64. The molecule has 5 rings (SSSR count). The first-order chi connectivity index (χ1) is 16.9. The topological polar surface area (TPSA) is 88.8 Å². The zero-order valence-electron chi connectivity index (χ0n) is 19.8. The van der Waals surface area contributed by atoms with Crippen molar-refractivity contribution in [3.05, 3.63) is 75.3 Å². The minimum Gasteiger partial charge on any atom is -0.302 e. The highest BCUT2D eigenvalue weighted by molar-refractivity contribution is 7.15. The molecular weight excluding hydrogens is 482 g/mol. The lowest BCUT2D eigenvalue weighted by Gasteiger charge is -2.27. The minimum absolute atomic E-state index is 0.0791. The Balaban J connectivity index is 1.23. The first-order valence-corrected chi connectivity index (χ1v) is 12.7. The fourth-order valence-electron chi connectivity index (χ4n) is 4.53. The number of aromatic nitrogens is 5. The summed E-state index contributed by atoms with van der Waals surface area (Å²) in [4.78, 5) is 21.2. The van der Waals surface area contributed by atoms with E-state index in [0.29, 0.717) is 16.9 Å². The average Bonchev–Trinajstić information content (AvgIpc) is 3.49. The van der Waals surface area contributed by atoms with Crippen LogP contribution in [0.5, 0.6) is 0 Å². The van der Waals surface area contributed by atoms with Crippen LogP contribution in [0.2, 0.25) is 5.02 Å². The molecule has 2 aromatic carbocycles. The molecule has 1 atom stereocenters. The van der Waals surface area contributed by atoms with E-state index >= 15 is 0 Å². The van der Waals surface area contributed by atoms with Gasteiger partial charge in [-0.25, -0.2) is 9.67 Å². The van der Waals surface area contributed by atoms with E-state index in [4.69, 9.17) is 16.6 Å². The molecule has 4 aromatic rings. The van der Waals surface area contributed by atoms with Crippen molar-refractivity contribution < 1.29 is 4.79 Å². The minimum atomic E-state index is -0.0791. The van der Waals surface area contributed by atoms with Gasteiger partial charge in [-0.05, 0) is 39.6 Å². The zero-order chi connectivity index (χ0) is 24.5. The highest BCUT2D eigenvalue weighted by atomic mass is 35.5. The molecule has 0 radical (unpaired) electrons. The summed E-state index contributed by atoms with van der Waals surface area (Å²) in [6.45, 7) is 6.10. The van der Waals surface area contributed by atoms with E-state index in [9.17, 15) is 4.79 Å². The summed E-state index contributed by atoms with van der Waals surface area (Å²) in [6, 6.07) is 15.9. The van der Waals surface area contributed by atoms with Gasteiger partial charge in [0.15, 0.2) is 11.0 Å². The first kappa shape index (κ1) is 23.6. The Morgan fingerprint density at radius 2 is 1.86 bits per heavy atom. The number of anilines is 1. The molecule has 35 heavy (non-hydrogen) atoms. The molecule has 180 valence electrons. The second-order valence-corrected chi connectivity index (χ2v) is 10.6. The Morgan fingerprint density at radius 1 is 1.14 bits per heavy atom. The van der Waals surface area contributed by atoms with Crippen LogP contribution in [-0.4, -0.2) is 36.0 Å². The predicted molar refractivity (Wildman–Crippen MR) is 137 cm³/mol. The summed E-state index contributed by atoms with van der Waals surface area (Å²) >= 11 is 7.61. The SMILES string of the molecule is CC(C)C1c2nc(NC(=O)Cc3ccc(-c4nnnn4C)cc3)sc2CN1Cc1ccc(Cl)cc1. The van der Waals surface area contributed by atoms with Crippen molar-refractivity contribution in [3.63, 3.8) is 0 Å². The maximum Gasteiger partial charge on any atom is 0.230 e. The summed E-state index contributed by atoms with van der Waals surface area (Å²) in [5.74, 6) is 1.00. The van der Waals surface area contributed by atoms with Crippen LogP contribution in [0.15, 0.2) is 48.5 Å². The molecular formula is C25H26ClN7OS. The maximum absolute atomic E-state index is 12.7. The number of hydrogen-bond acceptors (Lipinski definition) is 7. The van der Waals surface area contributed by atoms with Crippen LogP contribution >= 0.6 is 22.9 Å². The molecule has 0 saturated heterocycles. The van der Waals surface area contributed by atoms with E-state index < -0.39 is 0 Å². The summed E-state index contributed by atoms with van der Waals surface area (Å²) in [6.07, 6.45) is 0.276.